The molecule has 0 spiro atoms. The minimum atomic E-state index is -0.375. The molecule has 1 aromatic carbocycles. The highest BCUT2D eigenvalue weighted by Gasteiger charge is 2.29. The summed E-state index contributed by atoms with van der Waals surface area (Å²) in [6, 6.07) is 7.02. The summed E-state index contributed by atoms with van der Waals surface area (Å²) < 4.78 is 11.4. The number of aliphatic hydroxyl groups is 1. The number of aliphatic hydroxyl groups excluding tert-OH is 1. The Morgan fingerprint density at radius 1 is 1.36 bits per heavy atom. The number of rotatable bonds is 6. The fraction of sp³-hybridized carbons (Fsp3) is 0.389. The van der Waals surface area contributed by atoms with E-state index in [1.54, 1.807) is 35.4 Å². The molecule has 0 saturated carbocycles. The van der Waals surface area contributed by atoms with Gasteiger partial charge >= 0.3 is 0 Å². The molecule has 25 heavy (non-hydrogen) atoms. The lowest BCUT2D eigenvalue weighted by Crippen LogP contribution is -2.34. The quantitative estimate of drug-likeness (QED) is 0.594. The number of benzene rings is 1. The maximum atomic E-state index is 12.3. The zero-order chi connectivity index (χ0) is 17.6. The van der Waals surface area contributed by atoms with Crippen LogP contribution >= 0.6 is 11.6 Å². The molecule has 1 saturated heterocycles. The van der Waals surface area contributed by atoms with Crippen molar-refractivity contribution in [3.63, 3.8) is 0 Å². The third kappa shape index (κ3) is 4.67. The number of amides is 1. The van der Waals surface area contributed by atoms with Gasteiger partial charge in [-0.05, 0) is 36.0 Å². The van der Waals surface area contributed by atoms with Crippen LogP contribution in [0.25, 0.3) is 0 Å². The number of halogens is 1. The molecule has 1 aromatic rings. The predicted octanol–water partition coefficient (Wildman–Crippen LogP) is 1.74. The second-order valence-corrected chi connectivity index (χ2v) is 6.35. The van der Waals surface area contributed by atoms with Crippen LogP contribution in [0.5, 0.6) is 5.75 Å². The van der Waals surface area contributed by atoms with Crippen molar-refractivity contribution in [2.45, 2.75) is 24.6 Å². The highest BCUT2D eigenvalue weighted by Crippen LogP contribution is 2.21. The molecule has 1 amide bonds. The molecule has 6 nitrogen and oxygen atoms in total. The first-order valence-corrected chi connectivity index (χ1v) is 8.63. The van der Waals surface area contributed by atoms with Crippen LogP contribution in [-0.2, 0) is 16.1 Å². The summed E-state index contributed by atoms with van der Waals surface area (Å²) in [6.45, 7) is 1.13. The zero-order valence-electron chi connectivity index (χ0n) is 13.7. The molecule has 0 aromatic heterocycles. The minimum Gasteiger partial charge on any atom is -0.489 e. The van der Waals surface area contributed by atoms with Gasteiger partial charge in [0.1, 0.15) is 17.6 Å². The smallest absolute Gasteiger partial charge is 0.260 e. The normalized spacial score (nSPS) is 22.3. The number of likely N-dealkylation sites (tertiary alicyclic amines) is 1. The van der Waals surface area contributed by atoms with Crippen molar-refractivity contribution < 1.29 is 19.4 Å². The Balaban J connectivity index is 1.45. The summed E-state index contributed by atoms with van der Waals surface area (Å²) in [4.78, 5) is 14.0. The molecule has 2 atom stereocenters. The Bertz CT molecular complexity index is 660. The first-order chi connectivity index (χ1) is 12.2. The summed E-state index contributed by atoms with van der Waals surface area (Å²) in [5.41, 5.74) is 0.428. The van der Waals surface area contributed by atoms with E-state index in [9.17, 15) is 4.79 Å². The SMILES string of the molecule is O=C(COc1ccc(CO)cc1)N1CCC(OC2=CC=CNC2Cl)C1. The van der Waals surface area contributed by atoms with E-state index in [0.717, 1.165) is 12.0 Å². The number of nitrogens with zero attached hydrogens (tertiary/aromatic N) is 1. The molecule has 134 valence electrons. The van der Waals surface area contributed by atoms with E-state index in [-0.39, 0.29) is 30.7 Å². The van der Waals surface area contributed by atoms with E-state index < -0.39 is 0 Å². The highest BCUT2D eigenvalue weighted by molar-refractivity contribution is 6.22. The third-order valence-electron chi connectivity index (χ3n) is 4.12. The molecule has 0 bridgehead atoms. The number of nitrogens with one attached hydrogen (secondary N) is 1. The van der Waals surface area contributed by atoms with Crippen molar-refractivity contribution in [3.05, 3.63) is 53.9 Å². The average molecular weight is 365 g/mol. The summed E-state index contributed by atoms with van der Waals surface area (Å²) in [5, 5.41) is 12.0. The van der Waals surface area contributed by atoms with E-state index in [1.807, 2.05) is 12.2 Å². The van der Waals surface area contributed by atoms with Crippen LogP contribution in [0.1, 0.15) is 12.0 Å². The van der Waals surface area contributed by atoms with Crippen molar-refractivity contribution in [1.82, 2.24) is 10.2 Å². The number of ether oxygens (including phenoxy) is 2. The molecule has 7 heteroatoms. The Morgan fingerprint density at radius 2 is 2.16 bits per heavy atom. The lowest BCUT2D eigenvalue weighted by Gasteiger charge is -2.22. The van der Waals surface area contributed by atoms with Gasteiger partial charge in [0.15, 0.2) is 12.1 Å². The lowest BCUT2D eigenvalue weighted by atomic mass is 10.2. The summed E-state index contributed by atoms with van der Waals surface area (Å²) in [5.74, 6) is 1.20. The maximum Gasteiger partial charge on any atom is 0.260 e. The van der Waals surface area contributed by atoms with Crippen LogP contribution in [-0.4, -0.2) is 47.2 Å². The summed E-state index contributed by atoms with van der Waals surface area (Å²) >= 11 is 6.13. The van der Waals surface area contributed by atoms with Gasteiger partial charge in [-0.15, -0.1) is 0 Å². The Kier molecular flexibility index (Phi) is 5.83. The summed E-state index contributed by atoms with van der Waals surface area (Å²) in [6.07, 6.45) is 6.13. The van der Waals surface area contributed by atoms with E-state index in [4.69, 9.17) is 26.2 Å². The number of carbonyl (C=O) groups excluding carboxylic acids is 1. The maximum absolute atomic E-state index is 12.3. The Labute approximate surface area is 151 Å². The lowest BCUT2D eigenvalue weighted by molar-refractivity contribution is -0.132. The number of alkyl halides is 1. The van der Waals surface area contributed by atoms with Gasteiger partial charge in [0.2, 0.25) is 0 Å². The van der Waals surface area contributed by atoms with Crippen molar-refractivity contribution in [1.29, 1.82) is 0 Å². The molecule has 0 radical (unpaired) electrons. The highest BCUT2D eigenvalue weighted by atomic mass is 35.5. The fourth-order valence-electron chi connectivity index (χ4n) is 2.72. The van der Waals surface area contributed by atoms with E-state index >= 15 is 0 Å². The van der Waals surface area contributed by atoms with Crippen LogP contribution in [0.15, 0.2) is 48.4 Å². The molecule has 2 heterocycles. The molecular weight excluding hydrogens is 344 g/mol. The van der Waals surface area contributed by atoms with Crippen molar-refractivity contribution in [2.24, 2.45) is 0 Å². The zero-order valence-corrected chi connectivity index (χ0v) is 14.5. The van der Waals surface area contributed by atoms with Gasteiger partial charge in [0, 0.05) is 13.0 Å². The van der Waals surface area contributed by atoms with Crippen LogP contribution in [0.3, 0.4) is 0 Å². The minimum absolute atomic E-state index is 0.0146. The number of dihydropyridines is 1. The average Bonchev–Trinajstić information content (AvgIpc) is 3.11. The van der Waals surface area contributed by atoms with Crippen LogP contribution in [0.2, 0.25) is 0 Å². The number of carbonyl (C=O) groups is 1. The Morgan fingerprint density at radius 3 is 2.88 bits per heavy atom. The van der Waals surface area contributed by atoms with Crippen LogP contribution in [0.4, 0.5) is 0 Å². The molecule has 0 aliphatic carbocycles. The third-order valence-corrected chi connectivity index (χ3v) is 4.46. The van der Waals surface area contributed by atoms with Gasteiger partial charge in [-0.2, -0.15) is 0 Å². The number of hydrogen-bond acceptors (Lipinski definition) is 5. The van der Waals surface area contributed by atoms with Gasteiger partial charge in [0.05, 0.1) is 13.2 Å². The monoisotopic (exact) mass is 364 g/mol. The van der Waals surface area contributed by atoms with Crippen molar-refractivity contribution >= 4 is 17.5 Å². The topological polar surface area (TPSA) is 71.0 Å². The molecule has 2 N–H and O–H groups in total. The van der Waals surface area contributed by atoms with Gasteiger partial charge < -0.3 is 24.8 Å². The molecular formula is C18H21ClN2O4. The van der Waals surface area contributed by atoms with Gasteiger partial charge in [-0.3, -0.25) is 4.79 Å². The molecule has 2 unspecified atom stereocenters. The van der Waals surface area contributed by atoms with Crippen molar-refractivity contribution in [3.8, 4) is 5.75 Å². The second-order valence-electron chi connectivity index (χ2n) is 5.92. The van der Waals surface area contributed by atoms with Gasteiger partial charge in [0.25, 0.3) is 5.91 Å². The van der Waals surface area contributed by atoms with Gasteiger partial charge in [-0.1, -0.05) is 23.7 Å². The van der Waals surface area contributed by atoms with E-state index in [0.29, 0.717) is 24.6 Å². The first-order valence-electron chi connectivity index (χ1n) is 8.19. The first kappa shape index (κ1) is 17.6. The second kappa shape index (κ2) is 8.27. The van der Waals surface area contributed by atoms with E-state index in [1.165, 1.54) is 0 Å². The van der Waals surface area contributed by atoms with Crippen molar-refractivity contribution in [2.75, 3.05) is 19.7 Å². The number of allylic oxidation sites excluding steroid dienone is 2. The molecule has 2 aliphatic rings. The molecule has 2 aliphatic heterocycles. The van der Waals surface area contributed by atoms with Gasteiger partial charge in [-0.25, -0.2) is 0 Å². The largest absolute Gasteiger partial charge is 0.489 e. The van der Waals surface area contributed by atoms with E-state index in [2.05, 4.69) is 5.32 Å². The van der Waals surface area contributed by atoms with Crippen LogP contribution < -0.4 is 10.1 Å². The van der Waals surface area contributed by atoms with Crippen LogP contribution in [0, 0.1) is 0 Å². The number of hydrogen-bond donors (Lipinski definition) is 2. The molecule has 3 rings (SSSR count). The summed E-state index contributed by atoms with van der Waals surface area (Å²) in [7, 11) is 0. The standard InChI is InChI=1S/C18H21ClN2O4/c19-18-16(2-1-8-20-18)25-15-7-9-21(10-15)17(23)12-24-14-5-3-13(11-22)4-6-14/h1-6,8,15,18,20,22H,7,9-12H2. The Hall–Kier alpha value is -2.18. The molecule has 1 fully saturated rings. The predicted molar refractivity (Wildman–Crippen MR) is 93.9 cm³/mol. The fourth-order valence-corrected chi connectivity index (χ4v) is 2.92.